The molecule has 1 amide bonds. The van der Waals surface area contributed by atoms with Crippen molar-refractivity contribution in [1.82, 2.24) is 29.6 Å². The molecule has 1 unspecified atom stereocenters. The number of aromatic nitrogens is 2. The van der Waals surface area contributed by atoms with Gasteiger partial charge in [0, 0.05) is 70.0 Å². The Morgan fingerprint density at radius 3 is 2.62 bits per heavy atom. The van der Waals surface area contributed by atoms with Crippen LogP contribution in [0.1, 0.15) is 29.7 Å². The van der Waals surface area contributed by atoms with Gasteiger partial charge in [-0.25, -0.2) is 0 Å². The highest BCUT2D eigenvalue weighted by Crippen LogP contribution is 2.33. The van der Waals surface area contributed by atoms with Crippen LogP contribution in [0, 0.1) is 0 Å². The summed E-state index contributed by atoms with van der Waals surface area (Å²) in [6.45, 7) is 7.72. The average Bonchev–Trinajstić information content (AvgIpc) is 3.60. The normalized spacial score (nSPS) is 19.9. The third-order valence-electron chi connectivity index (χ3n) is 8.78. The van der Waals surface area contributed by atoms with Crippen LogP contribution in [-0.4, -0.2) is 109 Å². The van der Waals surface area contributed by atoms with Crippen LogP contribution in [0.5, 0.6) is 6.01 Å². The van der Waals surface area contributed by atoms with Gasteiger partial charge in [-0.1, -0.05) is 48.5 Å². The van der Waals surface area contributed by atoms with Crippen LogP contribution < -0.4 is 9.64 Å². The maximum Gasteiger partial charge on any atom is 0.318 e. The first-order valence-corrected chi connectivity index (χ1v) is 15.2. The Morgan fingerprint density at radius 1 is 1.02 bits per heavy atom. The fourth-order valence-corrected chi connectivity index (χ4v) is 6.36. The Morgan fingerprint density at radius 2 is 1.83 bits per heavy atom. The van der Waals surface area contributed by atoms with Crippen molar-refractivity contribution in [3.8, 4) is 6.01 Å². The number of ether oxygens (including phenoxy) is 1. The van der Waals surface area contributed by atoms with Crippen molar-refractivity contribution < 1.29 is 9.53 Å². The molecule has 2 aromatic carbocycles. The second-order valence-corrected chi connectivity index (χ2v) is 12.1. The molecule has 0 bridgehead atoms. The van der Waals surface area contributed by atoms with Gasteiger partial charge in [0.2, 0.25) is 5.91 Å². The molecule has 1 aromatic heterocycles. The minimum Gasteiger partial charge on any atom is -0.462 e. The fraction of sp³-hybridized carbons (Fsp3) is 0.485. The Balaban J connectivity index is 1.20. The van der Waals surface area contributed by atoms with Gasteiger partial charge in [-0.2, -0.15) is 9.97 Å². The van der Waals surface area contributed by atoms with Crippen molar-refractivity contribution >= 4 is 22.5 Å². The van der Waals surface area contributed by atoms with Crippen LogP contribution in [0.3, 0.4) is 0 Å². The number of likely N-dealkylation sites (tertiary alicyclic amines) is 1. The van der Waals surface area contributed by atoms with Crippen molar-refractivity contribution in [3.05, 3.63) is 71.4 Å². The molecular weight excluding hydrogens is 526 g/mol. The SMILES string of the molecule is CN(C)CC=CC(=O)N1CCN(c2nc(OCC3CCCN3C)nc3c2CN(Cc2cccc4ccccc24)C3)CC1. The Hall–Kier alpha value is -3.53. The molecule has 9 nitrogen and oxygen atoms in total. The fourth-order valence-electron chi connectivity index (χ4n) is 6.36. The summed E-state index contributed by atoms with van der Waals surface area (Å²) in [5, 5.41) is 2.57. The van der Waals surface area contributed by atoms with E-state index < -0.39 is 0 Å². The Kier molecular flexibility index (Phi) is 8.69. The molecule has 9 heteroatoms. The summed E-state index contributed by atoms with van der Waals surface area (Å²) in [4.78, 5) is 33.8. The third-order valence-corrected chi connectivity index (χ3v) is 8.78. The summed E-state index contributed by atoms with van der Waals surface area (Å²) in [7, 11) is 6.17. The van der Waals surface area contributed by atoms with E-state index >= 15 is 0 Å². The number of anilines is 1. The predicted octanol–water partition coefficient (Wildman–Crippen LogP) is 3.39. The van der Waals surface area contributed by atoms with Crippen LogP contribution in [0.2, 0.25) is 0 Å². The van der Waals surface area contributed by atoms with Gasteiger partial charge in [-0.15, -0.1) is 0 Å². The van der Waals surface area contributed by atoms with Crippen molar-refractivity contribution in [2.75, 3.05) is 71.9 Å². The highest BCUT2D eigenvalue weighted by Gasteiger charge is 2.31. The Bertz CT molecular complexity index is 1430. The molecule has 1 atom stereocenters. The topological polar surface area (TPSA) is 68.3 Å². The number of rotatable bonds is 9. The van der Waals surface area contributed by atoms with Crippen LogP contribution in [0.15, 0.2) is 54.6 Å². The van der Waals surface area contributed by atoms with E-state index in [1.165, 1.54) is 28.3 Å². The number of benzene rings is 2. The number of likely N-dealkylation sites (N-methyl/N-ethyl adjacent to an activating group) is 2. The molecule has 6 rings (SSSR count). The van der Waals surface area contributed by atoms with E-state index in [9.17, 15) is 4.79 Å². The number of nitrogens with zero attached hydrogens (tertiary/aromatic N) is 7. The van der Waals surface area contributed by atoms with Gasteiger partial charge >= 0.3 is 6.01 Å². The van der Waals surface area contributed by atoms with Crippen LogP contribution in [-0.2, 0) is 24.4 Å². The minimum absolute atomic E-state index is 0.0791. The monoisotopic (exact) mass is 569 g/mol. The molecule has 42 heavy (non-hydrogen) atoms. The summed E-state index contributed by atoms with van der Waals surface area (Å²) in [5.74, 6) is 1.04. The van der Waals surface area contributed by atoms with Gasteiger partial charge in [-0.3, -0.25) is 9.69 Å². The number of hydrogen-bond donors (Lipinski definition) is 0. The molecule has 2 fully saturated rings. The molecule has 0 aliphatic carbocycles. The van der Waals surface area contributed by atoms with Gasteiger partial charge in [0.25, 0.3) is 0 Å². The first-order valence-electron chi connectivity index (χ1n) is 15.2. The second kappa shape index (κ2) is 12.8. The van der Waals surface area contributed by atoms with Crippen molar-refractivity contribution in [2.45, 2.75) is 38.5 Å². The zero-order valence-corrected chi connectivity index (χ0v) is 25.2. The quantitative estimate of drug-likeness (QED) is 0.364. The van der Waals surface area contributed by atoms with Gasteiger partial charge in [-0.05, 0) is 56.9 Å². The zero-order chi connectivity index (χ0) is 29.1. The van der Waals surface area contributed by atoms with E-state index in [1.807, 2.05) is 30.0 Å². The smallest absolute Gasteiger partial charge is 0.318 e. The minimum atomic E-state index is 0.0791. The molecule has 3 aliphatic heterocycles. The lowest BCUT2D eigenvalue weighted by atomic mass is 10.0. The van der Waals surface area contributed by atoms with Gasteiger partial charge in [0.1, 0.15) is 12.4 Å². The highest BCUT2D eigenvalue weighted by atomic mass is 16.5. The predicted molar refractivity (Wildman–Crippen MR) is 167 cm³/mol. The molecular formula is C33H43N7O2. The lowest BCUT2D eigenvalue weighted by Crippen LogP contribution is -2.49. The standard InChI is InChI=1S/C33H43N7O2/c1-36(2)15-8-14-31(41)39-17-19-40(20-18-39)32-29-22-38(21-26-11-6-10-25-9-4-5-13-28(25)26)23-30(29)34-33(35-32)42-24-27-12-7-16-37(27)3/h4-6,8-11,13-14,27H,7,12,15-24H2,1-3H3. The van der Waals surface area contributed by atoms with Gasteiger partial charge < -0.3 is 24.3 Å². The lowest BCUT2D eigenvalue weighted by Gasteiger charge is -2.35. The summed E-state index contributed by atoms with van der Waals surface area (Å²) in [6.07, 6.45) is 5.99. The molecule has 222 valence electrons. The summed E-state index contributed by atoms with van der Waals surface area (Å²) < 4.78 is 6.26. The number of hydrogen-bond acceptors (Lipinski definition) is 8. The maximum absolute atomic E-state index is 12.8. The maximum atomic E-state index is 12.8. The van der Waals surface area contributed by atoms with E-state index in [2.05, 4.69) is 64.2 Å². The van der Waals surface area contributed by atoms with Crippen LogP contribution in [0.25, 0.3) is 10.8 Å². The molecule has 3 aromatic rings. The summed E-state index contributed by atoms with van der Waals surface area (Å²) in [5.41, 5.74) is 3.57. The molecule has 0 spiro atoms. The van der Waals surface area contributed by atoms with E-state index in [1.54, 1.807) is 6.08 Å². The van der Waals surface area contributed by atoms with Crippen molar-refractivity contribution in [2.24, 2.45) is 0 Å². The van der Waals surface area contributed by atoms with Crippen molar-refractivity contribution in [3.63, 3.8) is 0 Å². The molecule has 0 radical (unpaired) electrons. The number of carbonyl (C=O) groups excluding carboxylic acids is 1. The van der Waals surface area contributed by atoms with Gasteiger partial charge in [0.15, 0.2) is 0 Å². The second-order valence-electron chi connectivity index (χ2n) is 12.1. The first kappa shape index (κ1) is 28.6. The van der Waals surface area contributed by atoms with E-state index in [0.29, 0.717) is 31.7 Å². The number of carbonyl (C=O) groups is 1. The zero-order valence-electron chi connectivity index (χ0n) is 25.2. The lowest BCUT2D eigenvalue weighted by molar-refractivity contribution is -0.126. The molecule has 0 saturated carbocycles. The largest absolute Gasteiger partial charge is 0.462 e. The van der Waals surface area contributed by atoms with Crippen molar-refractivity contribution in [1.29, 1.82) is 0 Å². The van der Waals surface area contributed by atoms with Crippen LogP contribution >= 0.6 is 0 Å². The first-order chi connectivity index (χ1) is 20.4. The average molecular weight is 570 g/mol. The van der Waals surface area contributed by atoms with Gasteiger partial charge in [0.05, 0.1) is 5.69 Å². The number of piperazine rings is 1. The Labute approximate surface area is 249 Å². The van der Waals surface area contributed by atoms with E-state index in [0.717, 1.165) is 63.7 Å². The molecule has 3 aliphatic rings. The summed E-state index contributed by atoms with van der Waals surface area (Å²) in [6, 6.07) is 16.0. The molecule has 2 saturated heterocycles. The molecule has 0 N–H and O–H groups in total. The number of amides is 1. The highest BCUT2D eigenvalue weighted by molar-refractivity contribution is 5.88. The number of fused-ring (bicyclic) bond motifs is 2. The van der Waals surface area contributed by atoms with E-state index in [-0.39, 0.29) is 5.91 Å². The van der Waals surface area contributed by atoms with E-state index in [4.69, 9.17) is 14.7 Å². The third kappa shape index (κ3) is 6.43. The summed E-state index contributed by atoms with van der Waals surface area (Å²) >= 11 is 0. The van der Waals surface area contributed by atoms with Crippen LogP contribution in [0.4, 0.5) is 5.82 Å². The molecule has 4 heterocycles.